The normalized spacial score (nSPS) is 10.2. The summed E-state index contributed by atoms with van der Waals surface area (Å²) in [5.41, 5.74) is 1.58. The van der Waals surface area contributed by atoms with Crippen molar-refractivity contribution in [1.82, 2.24) is 10.3 Å². The SMILES string of the molecule is O=C(NCCc1ccsc1)c1cccc(Cl)n1. The van der Waals surface area contributed by atoms with Gasteiger partial charge < -0.3 is 5.32 Å². The minimum atomic E-state index is -0.192. The summed E-state index contributed by atoms with van der Waals surface area (Å²) in [6.45, 7) is 0.601. The van der Waals surface area contributed by atoms with Crippen molar-refractivity contribution >= 4 is 28.8 Å². The van der Waals surface area contributed by atoms with Gasteiger partial charge in [-0.1, -0.05) is 17.7 Å². The van der Waals surface area contributed by atoms with Crippen LogP contribution in [-0.4, -0.2) is 17.4 Å². The van der Waals surface area contributed by atoms with Gasteiger partial charge in [-0.15, -0.1) is 0 Å². The Morgan fingerprint density at radius 3 is 3.00 bits per heavy atom. The highest BCUT2D eigenvalue weighted by Crippen LogP contribution is 2.07. The summed E-state index contributed by atoms with van der Waals surface area (Å²) in [7, 11) is 0. The number of aromatic nitrogens is 1. The van der Waals surface area contributed by atoms with Crippen LogP contribution in [0.25, 0.3) is 0 Å². The number of hydrogen-bond acceptors (Lipinski definition) is 3. The predicted molar refractivity (Wildman–Crippen MR) is 69.6 cm³/mol. The number of thiophene rings is 1. The molecule has 0 atom stereocenters. The van der Waals surface area contributed by atoms with Gasteiger partial charge in [0.25, 0.3) is 5.91 Å². The van der Waals surface area contributed by atoms with Crippen molar-refractivity contribution in [3.63, 3.8) is 0 Å². The third-order valence-electron chi connectivity index (χ3n) is 2.23. The Hall–Kier alpha value is -1.39. The zero-order valence-corrected chi connectivity index (χ0v) is 10.6. The lowest BCUT2D eigenvalue weighted by Crippen LogP contribution is -2.26. The van der Waals surface area contributed by atoms with Crippen molar-refractivity contribution < 1.29 is 4.79 Å². The first-order valence-corrected chi connectivity index (χ1v) is 6.49. The highest BCUT2D eigenvalue weighted by atomic mass is 35.5. The lowest BCUT2D eigenvalue weighted by molar-refractivity contribution is 0.0949. The van der Waals surface area contributed by atoms with Crippen molar-refractivity contribution in [2.45, 2.75) is 6.42 Å². The van der Waals surface area contributed by atoms with Crippen LogP contribution in [0.3, 0.4) is 0 Å². The molecule has 0 fully saturated rings. The van der Waals surface area contributed by atoms with Crippen molar-refractivity contribution in [2.75, 3.05) is 6.54 Å². The van der Waals surface area contributed by atoms with E-state index in [-0.39, 0.29) is 5.91 Å². The summed E-state index contributed by atoms with van der Waals surface area (Å²) in [5, 5.41) is 7.23. The van der Waals surface area contributed by atoms with E-state index in [1.165, 1.54) is 5.56 Å². The number of hydrogen-bond donors (Lipinski definition) is 1. The molecular weight excluding hydrogens is 256 g/mol. The Bertz CT molecular complexity index is 499. The molecule has 2 aromatic heterocycles. The first kappa shape index (κ1) is 12.1. The van der Waals surface area contributed by atoms with E-state index in [0.29, 0.717) is 17.4 Å². The molecule has 2 aromatic rings. The van der Waals surface area contributed by atoms with Gasteiger partial charge in [-0.05, 0) is 40.9 Å². The van der Waals surface area contributed by atoms with E-state index in [4.69, 9.17) is 11.6 Å². The molecule has 2 rings (SSSR count). The molecule has 5 heteroatoms. The van der Waals surface area contributed by atoms with Crippen LogP contribution in [0.1, 0.15) is 16.1 Å². The van der Waals surface area contributed by atoms with Gasteiger partial charge in [0, 0.05) is 6.54 Å². The lowest BCUT2D eigenvalue weighted by atomic mass is 10.2. The van der Waals surface area contributed by atoms with Crippen LogP contribution >= 0.6 is 22.9 Å². The molecule has 88 valence electrons. The second-order valence-electron chi connectivity index (χ2n) is 3.48. The summed E-state index contributed by atoms with van der Waals surface area (Å²) in [4.78, 5) is 15.6. The molecule has 0 aliphatic rings. The zero-order chi connectivity index (χ0) is 12.1. The number of amides is 1. The first-order valence-electron chi connectivity index (χ1n) is 5.17. The lowest BCUT2D eigenvalue weighted by Gasteiger charge is -2.03. The fourth-order valence-corrected chi connectivity index (χ4v) is 2.25. The van der Waals surface area contributed by atoms with Crippen LogP contribution in [-0.2, 0) is 6.42 Å². The molecule has 0 aliphatic carbocycles. The fraction of sp³-hybridized carbons (Fsp3) is 0.167. The van der Waals surface area contributed by atoms with E-state index in [9.17, 15) is 4.79 Å². The zero-order valence-electron chi connectivity index (χ0n) is 9.02. The van der Waals surface area contributed by atoms with Crippen molar-refractivity contribution in [3.8, 4) is 0 Å². The van der Waals surface area contributed by atoms with E-state index < -0.39 is 0 Å². The average molecular weight is 267 g/mol. The summed E-state index contributed by atoms with van der Waals surface area (Å²) in [6, 6.07) is 7.05. The van der Waals surface area contributed by atoms with Gasteiger partial charge in [-0.3, -0.25) is 4.79 Å². The van der Waals surface area contributed by atoms with Crippen LogP contribution in [0, 0.1) is 0 Å². The van der Waals surface area contributed by atoms with Crippen LogP contribution in [0.4, 0.5) is 0 Å². The molecule has 0 saturated carbocycles. The number of carbonyl (C=O) groups is 1. The maximum Gasteiger partial charge on any atom is 0.269 e. The molecule has 1 N–H and O–H groups in total. The largest absolute Gasteiger partial charge is 0.350 e. The van der Waals surface area contributed by atoms with E-state index in [0.717, 1.165) is 6.42 Å². The van der Waals surface area contributed by atoms with Crippen LogP contribution < -0.4 is 5.32 Å². The van der Waals surface area contributed by atoms with Crippen molar-refractivity contribution in [3.05, 3.63) is 51.4 Å². The third kappa shape index (κ3) is 3.54. The summed E-state index contributed by atoms with van der Waals surface area (Å²) in [5.74, 6) is -0.192. The fourth-order valence-electron chi connectivity index (χ4n) is 1.38. The minimum Gasteiger partial charge on any atom is -0.350 e. The Balaban J connectivity index is 1.85. The smallest absolute Gasteiger partial charge is 0.269 e. The molecule has 2 heterocycles. The second kappa shape index (κ2) is 5.80. The van der Waals surface area contributed by atoms with Crippen molar-refractivity contribution in [2.24, 2.45) is 0 Å². The van der Waals surface area contributed by atoms with E-state index in [2.05, 4.69) is 21.7 Å². The van der Waals surface area contributed by atoms with Gasteiger partial charge >= 0.3 is 0 Å². The molecule has 0 saturated heterocycles. The van der Waals surface area contributed by atoms with Crippen LogP contribution in [0.5, 0.6) is 0 Å². The highest BCUT2D eigenvalue weighted by Gasteiger charge is 2.06. The van der Waals surface area contributed by atoms with Gasteiger partial charge in [0.2, 0.25) is 0 Å². The average Bonchev–Trinajstić information content (AvgIpc) is 2.82. The number of rotatable bonds is 4. The second-order valence-corrected chi connectivity index (χ2v) is 4.65. The maximum atomic E-state index is 11.7. The van der Waals surface area contributed by atoms with Gasteiger partial charge in [0.05, 0.1) is 0 Å². The quantitative estimate of drug-likeness (QED) is 0.865. The van der Waals surface area contributed by atoms with E-state index in [1.807, 2.05) is 5.38 Å². The Labute approximate surface area is 108 Å². The van der Waals surface area contributed by atoms with Gasteiger partial charge in [0.1, 0.15) is 10.8 Å². The molecule has 0 aliphatic heterocycles. The number of carbonyl (C=O) groups excluding carboxylic acids is 1. The van der Waals surface area contributed by atoms with Crippen LogP contribution in [0.15, 0.2) is 35.0 Å². The van der Waals surface area contributed by atoms with E-state index in [1.54, 1.807) is 29.5 Å². The molecule has 0 radical (unpaired) electrons. The molecule has 0 spiro atoms. The minimum absolute atomic E-state index is 0.192. The monoisotopic (exact) mass is 266 g/mol. The Kier molecular flexibility index (Phi) is 4.12. The number of nitrogens with one attached hydrogen (secondary N) is 1. The molecule has 0 bridgehead atoms. The Morgan fingerprint density at radius 2 is 2.29 bits per heavy atom. The van der Waals surface area contributed by atoms with Gasteiger partial charge in [-0.2, -0.15) is 11.3 Å². The van der Waals surface area contributed by atoms with Gasteiger partial charge in [-0.25, -0.2) is 4.98 Å². The molecule has 1 amide bonds. The standard InChI is InChI=1S/C12H11ClN2OS/c13-11-3-1-2-10(15-11)12(16)14-6-4-9-5-7-17-8-9/h1-3,5,7-8H,4,6H2,(H,14,16). The first-order chi connectivity index (χ1) is 8.25. The summed E-state index contributed by atoms with van der Waals surface area (Å²) in [6.07, 6.45) is 0.829. The maximum absolute atomic E-state index is 11.7. The van der Waals surface area contributed by atoms with Crippen molar-refractivity contribution in [1.29, 1.82) is 0 Å². The highest BCUT2D eigenvalue weighted by molar-refractivity contribution is 7.07. The van der Waals surface area contributed by atoms with E-state index >= 15 is 0 Å². The van der Waals surface area contributed by atoms with Crippen LogP contribution in [0.2, 0.25) is 5.15 Å². The molecular formula is C12H11ClN2OS. The third-order valence-corrected chi connectivity index (χ3v) is 3.17. The summed E-state index contributed by atoms with van der Waals surface area (Å²) < 4.78 is 0. The summed E-state index contributed by atoms with van der Waals surface area (Å²) >= 11 is 7.37. The van der Waals surface area contributed by atoms with Gasteiger partial charge in [0.15, 0.2) is 0 Å². The topological polar surface area (TPSA) is 42.0 Å². The number of nitrogens with zero attached hydrogens (tertiary/aromatic N) is 1. The molecule has 3 nitrogen and oxygen atoms in total. The number of pyridine rings is 1. The molecule has 17 heavy (non-hydrogen) atoms. The molecule has 0 unspecified atom stereocenters. The predicted octanol–water partition coefficient (Wildman–Crippen LogP) is 2.77. The Morgan fingerprint density at radius 1 is 1.41 bits per heavy atom. The molecule has 0 aromatic carbocycles. The number of halogens is 1.